The lowest BCUT2D eigenvalue weighted by molar-refractivity contribution is -0.143. The van der Waals surface area contributed by atoms with E-state index in [1.165, 1.54) is 18.2 Å². The van der Waals surface area contributed by atoms with Crippen LogP contribution < -0.4 is 9.46 Å². The van der Waals surface area contributed by atoms with E-state index in [1.807, 2.05) is 19.1 Å². The van der Waals surface area contributed by atoms with Crippen molar-refractivity contribution < 1.29 is 22.7 Å². The molecule has 0 aromatic heterocycles. The lowest BCUT2D eigenvalue weighted by Crippen LogP contribution is -2.40. The van der Waals surface area contributed by atoms with E-state index < -0.39 is 22.0 Å². The van der Waals surface area contributed by atoms with Crippen molar-refractivity contribution in [3.8, 4) is 5.75 Å². The minimum Gasteiger partial charge on any atom is -0.497 e. The number of hydrogen-bond acceptors (Lipinski definition) is 5. The fraction of sp³-hybridized carbons (Fsp3) is 0.250. The predicted molar refractivity (Wildman–Crippen MR) is 117 cm³/mol. The third kappa shape index (κ3) is 6.05. The lowest BCUT2D eigenvalue weighted by Gasteiger charge is -2.15. The van der Waals surface area contributed by atoms with Gasteiger partial charge >= 0.3 is 5.97 Å². The van der Waals surface area contributed by atoms with Gasteiger partial charge in [0, 0.05) is 3.58 Å². The zero-order valence-corrected chi connectivity index (χ0v) is 18.8. The molecule has 2 rings (SSSR count). The molecule has 0 aliphatic heterocycles. The zero-order chi connectivity index (χ0) is 20.7. The number of nitrogens with one attached hydrogen (secondary N) is 1. The molecule has 28 heavy (non-hydrogen) atoms. The van der Waals surface area contributed by atoms with Crippen molar-refractivity contribution in [1.29, 1.82) is 0 Å². The van der Waals surface area contributed by atoms with Crippen LogP contribution in [-0.4, -0.2) is 34.1 Å². The van der Waals surface area contributed by atoms with Crippen molar-refractivity contribution >= 4 is 42.2 Å². The van der Waals surface area contributed by atoms with Gasteiger partial charge in [-0.25, -0.2) is 13.2 Å². The Morgan fingerprint density at radius 2 is 1.75 bits per heavy atom. The molecule has 8 heteroatoms. The Morgan fingerprint density at radius 1 is 1.14 bits per heavy atom. The molecule has 0 aliphatic carbocycles. The average Bonchev–Trinajstić information content (AvgIpc) is 2.67. The molecule has 1 atom stereocenters. The summed E-state index contributed by atoms with van der Waals surface area (Å²) < 4.78 is 38.7. The van der Waals surface area contributed by atoms with Gasteiger partial charge in [-0.1, -0.05) is 29.8 Å². The van der Waals surface area contributed by atoms with Crippen LogP contribution in [0, 0.1) is 6.92 Å². The summed E-state index contributed by atoms with van der Waals surface area (Å²) in [6.45, 7) is 3.68. The molecular formula is C20H22INO5S. The number of carbonyl (C=O) groups excluding carboxylic acids is 1. The standard InChI is InChI=1S/C20H22INO5S/c1-4-27-20(23)19(13-18(21)15-7-9-16(26-3)10-8-15)22-28(24,25)17-11-5-14(2)6-12-17/h5-13,19,22H,4H2,1-3H3/b18-13-. The van der Waals surface area contributed by atoms with Gasteiger partial charge < -0.3 is 9.47 Å². The number of hydrogen-bond donors (Lipinski definition) is 1. The molecule has 2 aromatic carbocycles. The Bertz CT molecular complexity index is 938. The molecule has 150 valence electrons. The molecule has 0 amide bonds. The molecule has 1 N–H and O–H groups in total. The maximum absolute atomic E-state index is 12.7. The summed E-state index contributed by atoms with van der Waals surface area (Å²) in [7, 11) is -2.32. The summed E-state index contributed by atoms with van der Waals surface area (Å²) in [5, 5.41) is 0. The smallest absolute Gasteiger partial charge is 0.328 e. The van der Waals surface area contributed by atoms with Crippen LogP contribution in [0.2, 0.25) is 0 Å². The molecule has 2 aromatic rings. The largest absolute Gasteiger partial charge is 0.497 e. The van der Waals surface area contributed by atoms with Crippen LogP contribution in [0.3, 0.4) is 0 Å². The van der Waals surface area contributed by atoms with E-state index in [1.54, 1.807) is 38.3 Å². The summed E-state index contributed by atoms with van der Waals surface area (Å²) in [5.74, 6) is 0.0378. The Kier molecular flexibility index (Phi) is 8.02. The molecule has 0 bridgehead atoms. The number of halogens is 1. The first-order valence-corrected chi connectivity index (χ1v) is 11.1. The van der Waals surface area contributed by atoms with Crippen LogP contribution >= 0.6 is 22.6 Å². The van der Waals surface area contributed by atoms with Crippen molar-refractivity contribution in [3.05, 3.63) is 65.7 Å². The molecule has 0 saturated carbocycles. The topological polar surface area (TPSA) is 81.7 Å². The highest BCUT2D eigenvalue weighted by atomic mass is 127. The molecule has 0 heterocycles. The fourth-order valence-corrected chi connectivity index (χ4v) is 4.18. The SMILES string of the molecule is CCOC(=O)C(/C=C(\I)c1ccc(OC)cc1)NS(=O)(=O)c1ccc(C)cc1. The Balaban J connectivity index is 2.33. The Labute approximate surface area is 179 Å². The zero-order valence-electron chi connectivity index (χ0n) is 15.8. The minimum atomic E-state index is -3.90. The van der Waals surface area contributed by atoms with E-state index in [0.717, 1.165) is 11.1 Å². The van der Waals surface area contributed by atoms with Crippen LogP contribution in [0.1, 0.15) is 18.1 Å². The van der Waals surface area contributed by atoms with Crippen molar-refractivity contribution in [3.63, 3.8) is 0 Å². The molecule has 1 unspecified atom stereocenters. The number of benzene rings is 2. The lowest BCUT2D eigenvalue weighted by atomic mass is 10.1. The first-order valence-electron chi connectivity index (χ1n) is 8.54. The van der Waals surface area contributed by atoms with Gasteiger partial charge in [0.05, 0.1) is 18.6 Å². The van der Waals surface area contributed by atoms with E-state index >= 15 is 0 Å². The molecule has 6 nitrogen and oxygen atoms in total. The van der Waals surface area contributed by atoms with Gasteiger partial charge in [0.25, 0.3) is 0 Å². The van der Waals surface area contributed by atoms with Gasteiger partial charge in [-0.05, 0) is 72.3 Å². The monoisotopic (exact) mass is 515 g/mol. The number of sulfonamides is 1. The second kappa shape index (κ2) is 10.0. The molecule has 0 fully saturated rings. The third-order valence-electron chi connectivity index (χ3n) is 3.83. The Hall–Kier alpha value is -1.91. The second-order valence-corrected chi connectivity index (χ2v) is 8.78. The highest BCUT2D eigenvalue weighted by Crippen LogP contribution is 2.25. The third-order valence-corrected chi connectivity index (χ3v) is 6.27. The van der Waals surface area contributed by atoms with E-state index in [0.29, 0.717) is 9.33 Å². The van der Waals surface area contributed by atoms with Gasteiger partial charge in [-0.3, -0.25) is 0 Å². The molecular weight excluding hydrogens is 493 g/mol. The first kappa shape index (κ1) is 22.4. The summed E-state index contributed by atoms with van der Waals surface area (Å²) in [4.78, 5) is 12.4. The van der Waals surface area contributed by atoms with E-state index in [9.17, 15) is 13.2 Å². The maximum Gasteiger partial charge on any atom is 0.328 e. The van der Waals surface area contributed by atoms with Crippen LogP contribution in [0.4, 0.5) is 0 Å². The average molecular weight is 515 g/mol. The van der Waals surface area contributed by atoms with Gasteiger partial charge in [0.1, 0.15) is 11.8 Å². The number of aryl methyl sites for hydroxylation is 1. The normalized spacial score (nSPS) is 13.1. The second-order valence-electron chi connectivity index (χ2n) is 5.91. The highest BCUT2D eigenvalue weighted by Gasteiger charge is 2.25. The van der Waals surface area contributed by atoms with Gasteiger partial charge in [0.15, 0.2) is 0 Å². The van der Waals surface area contributed by atoms with Gasteiger partial charge in [-0.15, -0.1) is 0 Å². The number of esters is 1. The highest BCUT2D eigenvalue weighted by molar-refractivity contribution is 14.1. The number of rotatable bonds is 8. The number of methoxy groups -OCH3 is 1. The number of ether oxygens (including phenoxy) is 2. The quantitative estimate of drug-likeness (QED) is 0.429. The summed E-state index contributed by atoms with van der Waals surface area (Å²) >= 11 is 2.06. The predicted octanol–water partition coefficient (Wildman–Crippen LogP) is 3.69. The maximum atomic E-state index is 12.7. The van der Waals surface area contributed by atoms with Gasteiger partial charge in [-0.2, -0.15) is 4.72 Å². The summed E-state index contributed by atoms with van der Waals surface area (Å²) in [6.07, 6.45) is 1.53. The number of carbonyl (C=O) groups is 1. The van der Waals surface area contributed by atoms with E-state index in [4.69, 9.17) is 9.47 Å². The van der Waals surface area contributed by atoms with Crippen LogP contribution in [-0.2, 0) is 19.6 Å². The summed E-state index contributed by atoms with van der Waals surface area (Å²) in [5.41, 5.74) is 1.76. The van der Waals surface area contributed by atoms with Crippen LogP contribution in [0.5, 0.6) is 5.75 Å². The molecule has 0 aliphatic rings. The van der Waals surface area contributed by atoms with Crippen LogP contribution in [0.15, 0.2) is 59.5 Å². The minimum absolute atomic E-state index is 0.0836. The molecule has 0 saturated heterocycles. The fourth-order valence-electron chi connectivity index (χ4n) is 2.33. The van der Waals surface area contributed by atoms with Crippen molar-refractivity contribution in [1.82, 2.24) is 4.72 Å². The van der Waals surface area contributed by atoms with E-state index in [2.05, 4.69) is 27.3 Å². The molecule has 0 radical (unpaired) electrons. The Morgan fingerprint density at radius 3 is 2.29 bits per heavy atom. The first-order chi connectivity index (χ1) is 13.3. The van der Waals surface area contributed by atoms with E-state index in [-0.39, 0.29) is 11.5 Å². The van der Waals surface area contributed by atoms with Crippen LogP contribution in [0.25, 0.3) is 3.58 Å². The van der Waals surface area contributed by atoms with Crippen molar-refractivity contribution in [2.45, 2.75) is 24.8 Å². The van der Waals surface area contributed by atoms with Crippen molar-refractivity contribution in [2.75, 3.05) is 13.7 Å². The van der Waals surface area contributed by atoms with Crippen molar-refractivity contribution in [2.24, 2.45) is 0 Å². The molecule has 0 spiro atoms. The van der Waals surface area contributed by atoms with Gasteiger partial charge in [0.2, 0.25) is 10.0 Å². The summed E-state index contributed by atoms with van der Waals surface area (Å²) in [6, 6.07) is 12.5.